The molecule has 1 aliphatic rings. The molecule has 1 aliphatic heterocycles. The van der Waals surface area contributed by atoms with Gasteiger partial charge >= 0.3 is 0 Å². The molecule has 3 atom stereocenters. The summed E-state index contributed by atoms with van der Waals surface area (Å²) in [6, 6.07) is 3.86. The molecule has 0 radical (unpaired) electrons. The number of amides is 1. The summed E-state index contributed by atoms with van der Waals surface area (Å²) in [7, 11) is 0. The molecule has 1 aromatic carbocycles. The molecule has 0 aliphatic carbocycles. The number of benzene rings is 1. The normalized spacial score (nSPS) is 19.6. The number of aromatic nitrogens is 2. The van der Waals surface area contributed by atoms with Gasteiger partial charge in [-0.2, -0.15) is 0 Å². The maximum Gasteiger partial charge on any atom is 0.275 e. The molecule has 2 aromatic rings. The van der Waals surface area contributed by atoms with E-state index < -0.39 is 34.1 Å². The molecule has 1 amide bonds. The highest BCUT2D eigenvalue weighted by Crippen LogP contribution is 2.32. The van der Waals surface area contributed by atoms with Gasteiger partial charge in [0.1, 0.15) is 17.3 Å². The van der Waals surface area contributed by atoms with Gasteiger partial charge in [0.05, 0.1) is 24.0 Å². The van der Waals surface area contributed by atoms with E-state index in [0.29, 0.717) is 25.3 Å². The molecule has 1 aromatic heterocycles. The summed E-state index contributed by atoms with van der Waals surface area (Å²) in [5.41, 5.74) is 5.59. The third-order valence-corrected chi connectivity index (χ3v) is 5.74. The molecule has 3 rings (SSSR count). The van der Waals surface area contributed by atoms with Gasteiger partial charge in [0, 0.05) is 35.7 Å². The van der Waals surface area contributed by atoms with Crippen LogP contribution in [0.2, 0.25) is 0 Å². The number of ether oxygens (including phenoxy) is 1. The van der Waals surface area contributed by atoms with E-state index in [0.717, 1.165) is 6.07 Å². The minimum Gasteiger partial charge on any atom is -0.772 e. The van der Waals surface area contributed by atoms with Gasteiger partial charge < -0.3 is 20.3 Å². The zero-order valence-electron chi connectivity index (χ0n) is 17.1. The Kier molecular flexibility index (Phi) is 7.08. The summed E-state index contributed by atoms with van der Waals surface area (Å²) in [5, 5.41) is 2.62. The van der Waals surface area contributed by atoms with Gasteiger partial charge in [-0.15, -0.1) is 0 Å². The average molecular weight is 449 g/mol. The quantitative estimate of drug-likeness (QED) is 0.372. The highest BCUT2D eigenvalue weighted by Gasteiger charge is 2.32. The van der Waals surface area contributed by atoms with Crippen molar-refractivity contribution in [2.24, 2.45) is 16.6 Å². The fourth-order valence-corrected chi connectivity index (χ4v) is 3.94. The Morgan fingerprint density at radius 3 is 2.84 bits per heavy atom. The standard InChI is InChI=1S/C20H24FN5O4S/c1-12-8-24-17(9-23-12)19(27)25-14-3-4-16(21)15(7-14)20(2,11-31(28)29)26-18(22)13-5-6-30-10-13/h3-4,7-9,13H,5-6,10-11H2,1-2H3,(H2,22,26)(H,25,27)(H,28,29)/p-1/t13-,20+/m1/s1. The molecule has 31 heavy (non-hydrogen) atoms. The van der Waals surface area contributed by atoms with Gasteiger partial charge in [-0.1, -0.05) is 11.1 Å². The van der Waals surface area contributed by atoms with Gasteiger partial charge in [0.25, 0.3) is 5.91 Å². The Labute approximate surface area is 181 Å². The summed E-state index contributed by atoms with van der Waals surface area (Å²) in [6.07, 6.45) is 3.44. The van der Waals surface area contributed by atoms with E-state index in [1.807, 2.05) is 0 Å². The number of nitrogens with two attached hydrogens (primary N) is 1. The van der Waals surface area contributed by atoms with Crippen molar-refractivity contribution < 1.29 is 22.7 Å². The lowest BCUT2D eigenvalue weighted by molar-refractivity contribution is 0.102. The Balaban J connectivity index is 1.93. The lowest BCUT2D eigenvalue weighted by Crippen LogP contribution is -2.34. The van der Waals surface area contributed by atoms with Crippen molar-refractivity contribution in [1.82, 2.24) is 9.97 Å². The van der Waals surface area contributed by atoms with Crippen LogP contribution in [-0.2, 0) is 21.4 Å². The molecule has 1 unspecified atom stereocenters. The SMILES string of the molecule is Cc1cnc(C(=O)Nc2ccc(F)c([C@](C)(CS(=O)[O-])N=C(N)[C@@H]3CCOC3)c2)cn1. The summed E-state index contributed by atoms with van der Waals surface area (Å²) < 4.78 is 43.1. The van der Waals surface area contributed by atoms with Crippen molar-refractivity contribution in [2.45, 2.75) is 25.8 Å². The van der Waals surface area contributed by atoms with Crippen LogP contribution < -0.4 is 11.1 Å². The molecule has 1 fully saturated rings. The van der Waals surface area contributed by atoms with Crippen molar-refractivity contribution in [2.75, 3.05) is 24.3 Å². The molecular weight excluding hydrogens is 425 g/mol. The number of aliphatic imine (C=N–C) groups is 1. The van der Waals surface area contributed by atoms with E-state index in [2.05, 4.69) is 20.3 Å². The van der Waals surface area contributed by atoms with Crippen LogP contribution in [0.25, 0.3) is 0 Å². The summed E-state index contributed by atoms with van der Waals surface area (Å²) >= 11 is -2.53. The number of rotatable bonds is 7. The smallest absolute Gasteiger partial charge is 0.275 e. The van der Waals surface area contributed by atoms with Crippen molar-refractivity contribution in [3.05, 3.63) is 53.4 Å². The van der Waals surface area contributed by atoms with Crippen LogP contribution in [0.15, 0.2) is 35.6 Å². The topological polar surface area (TPSA) is 143 Å². The predicted octanol–water partition coefficient (Wildman–Crippen LogP) is 1.66. The number of hydrogen-bond donors (Lipinski definition) is 2. The molecule has 3 N–H and O–H groups in total. The van der Waals surface area contributed by atoms with Crippen LogP contribution in [0.5, 0.6) is 0 Å². The van der Waals surface area contributed by atoms with Crippen molar-refractivity contribution >= 4 is 28.5 Å². The van der Waals surface area contributed by atoms with E-state index >= 15 is 0 Å². The van der Waals surface area contributed by atoms with Gasteiger partial charge in [-0.25, -0.2) is 9.37 Å². The summed E-state index contributed by atoms with van der Waals surface area (Å²) in [5.74, 6) is -1.65. The van der Waals surface area contributed by atoms with Crippen LogP contribution >= 0.6 is 0 Å². The molecule has 0 saturated carbocycles. The predicted molar refractivity (Wildman–Crippen MR) is 113 cm³/mol. The maximum absolute atomic E-state index is 14.8. The minimum absolute atomic E-state index is 0.00800. The molecule has 9 nitrogen and oxygen atoms in total. The van der Waals surface area contributed by atoms with Crippen LogP contribution in [0, 0.1) is 18.7 Å². The minimum atomic E-state index is -2.53. The van der Waals surface area contributed by atoms with E-state index in [1.54, 1.807) is 6.92 Å². The zero-order valence-corrected chi connectivity index (χ0v) is 17.9. The summed E-state index contributed by atoms with van der Waals surface area (Å²) in [6.45, 7) is 4.14. The molecule has 0 bridgehead atoms. The van der Waals surface area contributed by atoms with E-state index in [-0.39, 0.29) is 28.7 Å². The Morgan fingerprint density at radius 1 is 1.45 bits per heavy atom. The van der Waals surface area contributed by atoms with Gasteiger partial charge in [0.15, 0.2) is 0 Å². The second-order valence-corrected chi connectivity index (χ2v) is 8.41. The second-order valence-electron chi connectivity index (χ2n) is 7.51. The third-order valence-electron chi connectivity index (χ3n) is 4.94. The van der Waals surface area contributed by atoms with E-state index in [4.69, 9.17) is 10.5 Å². The molecular formula is C20H23FN5O4S-. The van der Waals surface area contributed by atoms with Gasteiger partial charge in [-0.3, -0.25) is 19.0 Å². The number of anilines is 1. The molecule has 0 spiro atoms. The van der Waals surface area contributed by atoms with Crippen LogP contribution in [-0.4, -0.2) is 49.4 Å². The first-order valence-electron chi connectivity index (χ1n) is 9.57. The number of amidine groups is 1. The first kappa shape index (κ1) is 22.9. The van der Waals surface area contributed by atoms with Crippen molar-refractivity contribution in [3.8, 4) is 0 Å². The number of nitrogens with zero attached hydrogens (tertiary/aromatic N) is 3. The number of hydrogen-bond acceptors (Lipinski definition) is 7. The number of halogens is 1. The number of aryl methyl sites for hydroxylation is 1. The monoisotopic (exact) mass is 448 g/mol. The average Bonchev–Trinajstić information content (AvgIpc) is 3.24. The highest BCUT2D eigenvalue weighted by atomic mass is 32.2. The van der Waals surface area contributed by atoms with Crippen LogP contribution in [0.3, 0.4) is 0 Å². The second kappa shape index (κ2) is 9.58. The number of nitrogens with one attached hydrogen (secondary N) is 1. The Bertz CT molecular complexity index is 1010. The Hall–Kier alpha value is -2.76. The summed E-state index contributed by atoms with van der Waals surface area (Å²) in [4.78, 5) is 24.9. The zero-order chi connectivity index (χ0) is 22.6. The Morgan fingerprint density at radius 2 is 2.23 bits per heavy atom. The lowest BCUT2D eigenvalue weighted by Gasteiger charge is -2.29. The third kappa shape index (κ3) is 5.69. The van der Waals surface area contributed by atoms with Crippen LogP contribution in [0.4, 0.5) is 10.1 Å². The van der Waals surface area contributed by atoms with E-state index in [1.165, 1.54) is 31.5 Å². The first-order valence-corrected chi connectivity index (χ1v) is 10.8. The molecule has 166 valence electrons. The lowest BCUT2D eigenvalue weighted by atomic mass is 9.93. The van der Waals surface area contributed by atoms with Crippen molar-refractivity contribution in [1.29, 1.82) is 0 Å². The molecule has 2 heterocycles. The van der Waals surface area contributed by atoms with Gasteiger partial charge in [-0.05, 0) is 38.5 Å². The number of carbonyl (C=O) groups is 1. The molecule has 1 saturated heterocycles. The van der Waals surface area contributed by atoms with E-state index in [9.17, 15) is 17.9 Å². The highest BCUT2D eigenvalue weighted by molar-refractivity contribution is 7.79. The maximum atomic E-state index is 14.8. The fourth-order valence-electron chi connectivity index (χ4n) is 3.26. The van der Waals surface area contributed by atoms with Crippen LogP contribution in [0.1, 0.15) is 35.1 Å². The fraction of sp³-hybridized carbons (Fsp3) is 0.400. The molecule has 11 heteroatoms. The first-order chi connectivity index (χ1) is 14.7. The van der Waals surface area contributed by atoms with Crippen molar-refractivity contribution in [3.63, 3.8) is 0 Å². The largest absolute Gasteiger partial charge is 0.772 e. The van der Waals surface area contributed by atoms with Gasteiger partial charge in [0.2, 0.25) is 0 Å². The number of carbonyl (C=O) groups excluding carboxylic acids is 1.